The van der Waals surface area contributed by atoms with Crippen molar-refractivity contribution in [3.05, 3.63) is 30.1 Å². The quantitative estimate of drug-likeness (QED) is 0.791. The van der Waals surface area contributed by atoms with E-state index >= 15 is 0 Å². The number of rotatable bonds is 6. The normalized spacial score (nSPS) is 18.1. The molecule has 2 atom stereocenters. The summed E-state index contributed by atoms with van der Waals surface area (Å²) in [6, 6.07) is 4.26. The Bertz CT molecular complexity index is 417. The molecule has 1 aromatic heterocycles. The highest BCUT2D eigenvalue weighted by molar-refractivity contribution is 5.78. The fraction of sp³-hybridized carbons (Fsp3) is 0.571. The Kier molecular flexibility index (Phi) is 4.50. The van der Waals surface area contributed by atoms with Crippen molar-refractivity contribution in [1.82, 2.24) is 15.2 Å². The van der Waals surface area contributed by atoms with Gasteiger partial charge in [-0.15, -0.1) is 0 Å². The topological polar surface area (TPSA) is 71.2 Å². The summed E-state index contributed by atoms with van der Waals surface area (Å²) < 4.78 is 0. The van der Waals surface area contributed by atoms with E-state index in [4.69, 9.17) is 5.73 Å². The van der Waals surface area contributed by atoms with Gasteiger partial charge in [0, 0.05) is 30.5 Å². The Morgan fingerprint density at radius 1 is 1.53 bits per heavy atom. The predicted molar refractivity (Wildman–Crippen MR) is 74.4 cm³/mol. The standard InChI is InChI=1S/C14H22N4O/c1-10(15)14(11-5-7-16-8-6-11)18(2)9-13(19)17-12-3-4-12/h5-8,10,12,14H,3-4,9,15H2,1-2H3,(H,17,19). The van der Waals surface area contributed by atoms with Gasteiger partial charge < -0.3 is 11.1 Å². The van der Waals surface area contributed by atoms with Gasteiger partial charge in [0.1, 0.15) is 0 Å². The smallest absolute Gasteiger partial charge is 0.234 e. The van der Waals surface area contributed by atoms with Gasteiger partial charge in [0.25, 0.3) is 0 Å². The Morgan fingerprint density at radius 3 is 2.68 bits per heavy atom. The predicted octanol–water partition coefficient (Wildman–Crippen LogP) is 0.680. The number of amides is 1. The molecule has 104 valence electrons. The van der Waals surface area contributed by atoms with Crippen LogP contribution in [-0.4, -0.2) is 41.5 Å². The van der Waals surface area contributed by atoms with E-state index in [1.165, 1.54) is 0 Å². The van der Waals surface area contributed by atoms with Crippen LogP contribution in [0, 0.1) is 0 Å². The lowest BCUT2D eigenvalue weighted by Crippen LogP contribution is -2.43. The number of carbonyl (C=O) groups excluding carboxylic acids is 1. The van der Waals surface area contributed by atoms with Crippen LogP contribution in [0.4, 0.5) is 0 Å². The zero-order valence-corrected chi connectivity index (χ0v) is 11.5. The number of carbonyl (C=O) groups is 1. The van der Waals surface area contributed by atoms with E-state index in [0.29, 0.717) is 12.6 Å². The molecule has 1 saturated carbocycles. The molecule has 1 aliphatic rings. The van der Waals surface area contributed by atoms with Gasteiger partial charge in [0.2, 0.25) is 5.91 Å². The molecule has 1 heterocycles. The molecule has 1 aromatic rings. The summed E-state index contributed by atoms with van der Waals surface area (Å²) in [6.45, 7) is 2.32. The maximum absolute atomic E-state index is 11.9. The van der Waals surface area contributed by atoms with Gasteiger partial charge in [0.05, 0.1) is 6.54 Å². The Labute approximate surface area is 114 Å². The molecule has 2 unspecified atom stereocenters. The van der Waals surface area contributed by atoms with E-state index in [2.05, 4.69) is 10.3 Å². The van der Waals surface area contributed by atoms with Crippen LogP contribution < -0.4 is 11.1 Å². The lowest BCUT2D eigenvalue weighted by atomic mass is 10.0. The lowest BCUT2D eigenvalue weighted by Gasteiger charge is -2.30. The van der Waals surface area contributed by atoms with Crippen molar-refractivity contribution in [2.24, 2.45) is 5.73 Å². The fourth-order valence-corrected chi connectivity index (χ4v) is 2.35. The van der Waals surface area contributed by atoms with Crippen LogP contribution in [0.5, 0.6) is 0 Å². The van der Waals surface area contributed by atoms with Crippen LogP contribution in [-0.2, 0) is 4.79 Å². The number of hydrogen-bond donors (Lipinski definition) is 2. The third-order valence-electron chi connectivity index (χ3n) is 3.36. The van der Waals surface area contributed by atoms with Gasteiger partial charge in [-0.05, 0) is 44.5 Å². The maximum atomic E-state index is 11.9. The fourth-order valence-electron chi connectivity index (χ4n) is 2.35. The minimum Gasteiger partial charge on any atom is -0.352 e. The van der Waals surface area contributed by atoms with Crippen LogP contribution in [0.3, 0.4) is 0 Å². The largest absolute Gasteiger partial charge is 0.352 e. The molecule has 1 amide bonds. The summed E-state index contributed by atoms with van der Waals surface area (Å²) in [5, 5.41) is 3.00. The summed E-state index contributed by atoms with van der Waals surface area (Å²) in [7, 11) is 1.93. The van der Waals surface area contributed by atoms with Crippen molar-refractivity contribution in [3.63, 3.8) is 0 Å². The van der Waals surface area contributed by atoms with E-state index in [0.717, 1.165) is 18.4 Å². The van der Waals surface area contributed by atoms with Crippen molar-refractivity contribution in [1.29, 1.82) is 0 Å². The SMILES string of the molecule is CC(N)C(c1ccncc1)N(C)CC(=O)NC1CC1. The second-order valence-electron chi connectivity index (χ2n) is 5.34. The molecule has 19 heavy (non-hydrogen) atoms. The molecule has 1 aliphatic carbocycles. The molecular weight excluding hydrogens is 240 g/mol. The van der Waals surface area contributed by atoms with Gasteiger partial charge in [-0.1, -0.05) is 0 Å². The molecule has 0 spiro atoms. The number of pyridine rings is 1. The number of nitrogens with two attached hydrogens (primary N) is 1. The van der Waals surface area contributed by atoms with Gasteiger partial charge in [0.15, 0.2) is 0 Å². The maximum Gasteiger partial charge on any atom is 0.234 e. The molecule has 0 radical (unpaired) electrons. The van der Waals surface area contributed by atoms with E-state index < -0.39 is 0 Å². The summed E-state index contributed by atoms with van der Waals surface area (Å²) >= 11 is 0. The first kappa shape index (κ1) is 14.0. The third-order valence-corrected chi connectivity index (χ3v) is 3.36. The highest BCUT2D eigenvalue weighted by atomic mass is 16.2. The first-order valence-electron chi connectivity index (χ1n) is 6.73. The van der Waals surface area contributed by atoms with E-state index in [9.17, 15) is 4.79 Å². The Hall–Kier alpha value is -1.46. The summed E-state index contributed by atoms with van der Waals surface area (Å²) in [4.78, 5) is 17.9. The molecule has 0 saturated heterocycles. The second kappa shape index (κ2) is 6.12. The molecule has 2 rings (SSSR count). The second-order valence-corrected chi connectivity index (χ2v) is 5.34. The van der Waals surface area contributed by atoms with Crippen molar-refractivity contribution < 1.29 is 4.79 Å². The third kappa shape index (κ3) is 4.01. The first-order chi connectivity index (χ1) is 9.08. The van der Waals surface area contributed by atoms with Crippen LogP contribution in [0.25, 0.3) is 0 Å². The summed E-state index contributed by atoms with van der Waals surface area (Å²) in [6.07, 6.45) is 5.72. The van der Waals surface area contributed by atoms with Crippen LogP contribution >= 0.6 is 0 Å². The zero-order valence-electron chi connectivity index (χ0n) is 11.5. The summed E-state index contributed by atoms with van der Waals surface area (Å²) in [5.41, 5.74) is 7.15. The summed E-state index contributed by atoms with van der Waals surface area (Å²) in [5.74, 6) is 0.0738. The van der Waals surface area contributed by atoms with Crippen LogP contribution in [0.15, 0.2) is 24.5 Å². The van der Waals surface area contributed by atoms with Crippen molar-refractivity contribution in [2.45, 2.75) is 37.9 Å². The highest BCUT2D eigenvalue weighted by Crippen LogP contribution is 2.22. The number of nitrogens with zero attached hydrogens (tertiary/aromatic N) is 2. The number of nitrogens with one attached hydrogen (secondary N) is 1. The Morgan fingerprint density at radius 2 is 2.16 bits per heavy atom. The van der Waals surface area contributed by atoms with E-state index in [1.54, 1.807) is 12.4 Å². The monoisotopic (exact) mass is 262 g/mol. The molecule has 5 nitrogen and oxygen atoms in total. The molecule has 0 aliphatic heterocycles. The van der Waals surface area contributed by atoms with E-state index in [-0.39, 0.29) is 18.0 Å². The zero-order chi connectivity index (χ0) is 13.8. The lowest BCUT2D eigenvalue weighted by molar-refractivity contribution is -0.122. The van der Waals surface area contributed by atoms with Gasteiger partial charge in [-0.3, -0.25) is 14.7 Å². The molecule has 1 fully saturated rings. The minimum atomic E-state index is -0.0545. The van der Waals surface area contributed by atoms with Gasteiger partial charge in [-0.2, -0.15) is 0 Å². The van der Waals surface area contributed by atoms with Crippen molar-refractivity contribution in [3.8, 4) is 0 Å². The average molecular weight is 262 g/mol. The van der Waals surface area contributed by atoms with Gasteiger partial charge >= 0.3 is 0 Å². The van der Waals surface area contributed by atoms with Gasteiger partial charge in [-0.25, -0.2) is 0 Å². The first-order valence-corrected chi connectivity index (χ1v) is 6.73. The number of hydrogen-bond acceptors (Lipinski definition) is 4. The minimum absolute atomic E-state index is 0.0213. The molecular formula is C14H22N4O. The van der Waals surface area contributed by atoms with Crippen LogP contribution in [0.2, 0.25) is 0 Å². The molecule has 0 bridgehead atoms. The van der Waals surface area contributed by atoms with Crippen molar-refractivity contribution >= 4 is 5.91 Å². The molecule has 5 heteroatoms. The van der Waals surface area contributed by atoms with Crippen molar-refractivity contribution in [2.75, 3.05) is 13.6 Å². The van der Waals surface area contributed by atoms with E-state index in [1.807, 2.05) is 31.0 Å². The number of aromatic nitrogens is 1. The molecule has 0 aromatic carbocycles. The average Bonchev–Trinajstić information content (AvgIpc) is 3.13. The number of likely N-dealkylation sites (N-methyl/N-ethyl adjacent to an activating group) is 1. The van der Waals surface area contributed by atoms with Crippen LogP contribution in [0.1, 0.15) is 31.4 Å². The molecule has 3 N–H and O–H groups in total. The Balaban J connectivity index is 1.99. The highest BCUT2D eigenvalue weighted by Gasteiger charge is 2.26.